The zero-order valence-electron chi connectivity index (χ0n) is 8.97. The molecule has 0 fully saturated rings. The van der Waals surface area contributed by atoms with E-state index in [-0.39, 0.29) is 0 Å². The number of hydrogen-bond donors (Lipinski definition) is 1. The monoisotopic (exact) mass is 212 g/mol. The van der Waals surface area contributed by atoms with Crippen LogP contribution in [0.1, 0.15) is 37.8 Å². The van der Waals surface area contributed by atoms with E-state index in [2.05, 4.69) is 6.92 Å². The molecule has 0 unspecified atom stereocenters. The second kappa shape index (κ2) is 4.33. The molecule has 1 N–H and O–H groups in total. The van der Waals surface area contributed by atoms with Crippen LogP contribution in [0.25, 0.3) is 0 Å². The first-order valence-corrected chi connectivity index (χ1v) is 5.34. The normalized spacial score (nSPS) is 15.2. The summed E-state index contributed by atoms with van der Waals surface area (Å²) in [6, 6.07) is 5.63. The minimum atomic E-state index is -0.733. The predicted molar refractivity (Wildman–Crippen MR) is 60.7 cm³/mol. The molecule has 2 heteroatoms. The summed E-state index contributed by atoms with van der Waals surface area (Å²) in [6.45, 7) is 5.90. The number of benzene rings is 1. The van der Waals surface area contributed by atoms with Crippen LogP contribution in [0.4, 0.5) is 0 Å². The molecule has 0 aliphatic heterocycles. The van der Waals surface area contributed by atoms with Crippen LogP contribution >= 0.6 is 11.6 Å². The number of hydrogen-bond acceptors (Lipinski definition) is 1. The van der Waals surface area contributed by atoms with Gasteiger partial charge in [-0.2, -0.15) is 0 Å². The summed E-state index contributed by atoms with van der Waals surface area (Å²) in [7, 11) is 0. The van der Waals surface area contributed by atoms with E-state index in [0.29, 0.717) is 0 Å². The van der Waals surface area contributed by atoms with Gasteiger partial charge in [-0.15, -0.1) is 0 Å². The molecule has 1 rings (SSSR count). The van der Waals surface area contributed by atoms with Gasteiger partial charge in [0, 0.05) is 5.02 Å². The second-order valence-corrected chi connectivity index (χ2v) is 4.42. The van der Waals surface area contributed by atoms with Crippen molar-refractivity contribution < 1.29 is 5.11 Å². The summed E-state index contributed by atoms with van der Waals surface area (Å²) in [5, 5.41) is 10.9. The quantitative estimate of drug-likeness (QED) is 0.811. The highest BCUT2D eigenvalue weighted by atomic mass is 35.5. The van der Waals surface area contributed by atoms with Gasteiger partial charge in [0.1, 0.15) is 0 Å². The Balaban J connectivity index is 3.06. The van der Waals surface area contributed by atoms with Gasteiger partial charge in [-0.3, -0.25) is 0 Å². The third-order valence-electron chi connectivity index (χ3n) is 2.51. The first-order valence-electron chi connectivity index (χ1n) is 4.96. The van der Waals surface area contributed by atoms with Crippen molar-refractivity contribution >= 4 is 11.6 Å². The van der Waals surface area contributed by atoms with Crippen molar-refractivity contribution in [1.82, 2.24) is 0 Å². The Hall–Kier alpha value is -0.530. The highest BCUT2D eigenvalue weighted by Gasteiger charge is 2.23. The maximum Gasteiger partial charge on any atom is 0.0871 e. The van der Waals surface area contributed by atoms with E-state index < -0.39 is 5.60 Å². The van der Waals surface area contributed by atoms with Gasteiger partial charge in [0.05, 0.1) is 5.60 Å². The summed E-state index contributed by atoms with van der Waals surface area (Å²) in [4.78, 5) is 0. The zero-order valence-corrected chi connectivity index (χ0v) is 9.73. The SMILES string of the molecule is CCC[C@@](C)(O)c1ccc(Cl)cc1C. The van der Waals surface area contributed by atoms with Gasteiger partial charge < -0.3 is 5.11 Å². The third kappa shape index (κ3) is 2.49. The Morgan fingerprint density at radius 1 is 1.43 bits per heavy atom. The second-order valence-electron chi connectivity index (χ2n) is 3.98. The lowest BCUT2D eigenvalue weighted by Gasteiger charge is -2.25. The molecule has 0 spiro atoms. The van der Waals surface area contributed by atoms with Crippen molar-refractivity contribution in [1.29, 1.82) is 0 Å². The molecule has 1 nitrogen and oxygen atoms in total. The molecular formula is C12H17ClO. The average Bonchev–Trinajstić information content (AvgIpc) is 2.02. The zero-order chi connectivity index (χ0) is 10.8. The summed E-state index contributed by atoms with van der Waals surface area (Å²) >= 11 is 5.86. The Labute approximate surface area is 90.7 Å². The third-order valence-corrected chi connectivity index (χ3v) is 2.74. The number of halogens is 1. The molecule has 0 aliphatic rings. The van der Waals surface area contributed by atoms with Crippen molar-refractivity contribution in [2.75, 3.05) is 0 Å². The van der Waals surface area contributed by atoms with Gasteiger partial charge in [0.25, 0.3) is 0 Å². The highest BCUT2D eigenvalue weighted by molar-refractivity contribution is 6.30. The Morgan fingerprint density at radius 3 is 2.57 bits per heavy atom. The maximum absolute atomic E-state index is 10.2. The lowest BCUT2D eigenvalue weighted by Crippen LogP contribution is -2.21. The molecule has 0 saturated heterocycles. The van der Waals surface area contributed by atoms with Crippen molar-refractivity contribution in [3.8, 4) is 0 Å². The molecule has 78 valence electrons. The summed E-state index contributed by atoms with van der Waals surface area (Å²) in [5.41, 5.74) is 1.29. The van der Waals surface area contributed by atoms with Crippen molar-refractivity contribution in [3.63, 3.8) is 0 Å². The van der Waals surface area contributed by atoms with Crippen LogP contribution in [0.5, 0.6) is 0 Å². The lowest BCUT2D eigenvalue weighted by atomic mass is 9.88. The minimum Gasteiger partial charge on any atom is -0.385 e. The Bertz CT molecular complexity index is 318. The Kier molecular flexibility index (Phi) is 3.57. The number of rotatable bonds is 3. The van der Waals surface area contributed by atoms with E-state index in [1.165, 1.54) is 0 Å². The van der Waals surface area contributed by atoms with Crippen molar-refractivity contribution in [2.24, 2.45) is 0 Å². The summed E-state index contributed by atoms with van der Waals surface area (Å²) < 4.78 is 0. The molecule has 0 saturated carbocycles. The topological polar surface area (TPSA) is 20.2 Å². The molecular weight excluding hydrogens is 196 g/mol. The highest BCUT2D eigenvalue weighted by Crippen LogP contribution is 2.29. The fourth-order valence-corrected chi connectivity index (χ4v) is 2.08. The number of aryl methyl sites for hydroxylation is 1. The summed E-state index contributed by atoms with van der Waals surface area (Å²) in [5.74, 6) is 0. The van der Waals surface area contributed by atoms with Crippen LogP contribution in [-0.2, 0) is 5.60 Å². The van der Waals surface area contributed by atoms with Gasteiger partial charge in [0.15, 0.2) is 0 Å². The molecule has 1 aromatic carbocycles. The maximum atomic E-state index is 10.2. The standard InChI is InChI=1S/C12H17ClO/c1-4-7-12(3,14)11-6-5-10(13)8-9(11)2/h5-6,8,14H,4,7H2,1-3H3/t12-/m1/s1. The van der Waals surface area contributed by atoms with Crippen LogP contribution in [0.15, 0.2) is 18.2 Å². The molecule has 1 atom stereocenters. The molecule has 0 aliphatic carbocycles. The van der Waals surface area contributed by atoms with Crippen LogP contribution in [0, 0.1) is 6.92 Å². The Morgan fingerprint density at radius 2 is 2.07 bits per heavy atom. The van der Waals surface area contributed by atoms with Gasteiger partial charge in [0.2, 0.25) is 0 Å². The average molecular weight is 213 g/mol. The van der Waals surface area contributed by atoms with E-state index in [0.717, 1.165) is 29.0 Å². The molecule has 0 amide bonds. The van der Waals surface area contributed by atoms with Crippen LogP contribution in [0.2, 0.25) is 5.02 Å². The molecule has 0 bridgehead atoms. The van der Waals surface area contributed by atoms with E-state index in [1.54, 1.807) is 0 Å². The van der Waals surface area contributed by atoms with E-state index in [9.17, 15) is 5.11 Å². The molecule has 1 aromatic rings. The number of aliphatic hydroxyl groups is 1. The first-order chi connectivity index (χ1) is 6.47. The smallest absolute Gasteiger partial charge is 0.0871 e. The van der Waals surface area contributed by atoms with Gasteiger partial charge in [-0.25, -0.2) is 0 Å². The van der Waals surface area contributed by atoms with E-state index in [4.69, 9.17) is 11.6 Å². The van der Waals surface area contributed by atoms with Crippen LogP contribution < -0.4 is 0 Å². The van der Waals surface area contributed by atoms with Gasteiger partial charge in [-0.05, 0) is 43.5 Å². The molecule has 14 heavy (non-hydrogen) atoms. The fourth-order valence-electron chi connectivity index (χ4n) is 1.85. The first kappa shape index (κ1) is 11.5. The minimum absolute atomic E-state index is 0.721. The van der Waals surface area contributed by atoms with Gasteiger partial charge in [-0.1, -0.05) is 31.0 Å². The van der Waals surface area contributed by atoms with Crippen molar-refractivity contribution in [2.45, 2.75) is 39.2 Å². The fraction of sp³-hybridized carbons (Fsp3) is 0.500. The molecule has 0 aromatic heterocycles. The predicted octanol–water partition coefficient (Wildman–Crippen LogP) is 3.66. The van der Waals surface area contributed by atoms with Crippen molar-refractivity contribution in [3.05, 3.63) is 34.3 Å². The van der Waals surface area contributed by atoms with E-state index in [1.807, 2.05) is 32.0 Å². The van der Waals surface area contributed by atoms with Crippen LogP contribution in [-0.4, -0.2) is 5.11 Å². The molecule has 0 heterocycles. The largest absolute Gasteiger partial charge is 0.385 e. The van der Waals surface area contributed by atoms with Gasteiger partial charge >= 0.3 is 0 Å². The lowest BCUT2D eigenvalue weighted by molar-refractivity contribution is 0.0463. The summed E-state index contributed by atoms with van der Waals surface area (Å²) in [6.07, 6.45) is 1.74. The van der Waals surface area contributed by atoms with E-state index >= 15 is 0 Å². The molecule has 0 radical (unpaired) electrons. The van der Waals surface area contributed by atoms with Crippen LogP contribution in [0.3, 0.4) is 0 Å².